The lowest BCUT2D eigenvalue weighted by molar-refractivity contribution is 0.682. The lowest BCUT2D eigenvalue weighted by atomic mass is 10.3. The molecule has 1 unspecified atom stereocenters. The SMILES string of the molecule is Nc1ccc(CS(=O)c2ccccc2Br)cn1. The van der Waals surface area contributed by atoms with Gasteiger partial charge in [0.2, 0.25) is 0 Å². The Kier molecular flexibility index (Phi) is 3.91. The fraction of sp³-hybridized carbons (Fsp3) is 0.0833. The number of rotatable bonds is 3. The van der Waals surface area contributed by atoms with Gasteiger partial charge in [0.05, 0.1) is 21.4 Å². The zero-order chi connectivity index (χ0) is 12.3. The molecule has 17 heavy (non-hydrogen) atoms. The Labute approximate surface area is 111 Å². The molecular formula is C12H11BrN2OS. The number of pyridine rings is 1. The van der Waals surface area contributed by atoms with Gasteiger partial charge in [0.15, 0.2) is 0 Å². The molecule has 0 bridgehead atoms. The Bertz CT molecular complexity index is 542. The highest BCUT2D eigenvalue weighted by Gasteiger charge is 2.08. The molecule has 1 heterocycles. The minimum absolute atomic E-state index is 0.440. The van der Waals surface area contributed by atoms with Crippen molar-refractivity contribution >= 4 is 32.5 Å². The molecule has 0 aliphatic carbocycles. The zero-order valence-corrected chi connectivity index (χ0v) is 11.4. The van der Waals surface area contributed by atoms with Gasteiger partial charge in [0.25, 0.3) is 0 Å². The number of hydrogen-bond acceptors (Lipinski definition) is 3. The van der Waals surface area contributed by atoms with Crippen molar-refractivity contribution in [2.24, 2.45) is 0 Å². The lowest BCUT2D eigenvalue weighted by Gasteiger charge is -2.04. The molecular weight excluding hydrogens is 300 g/mol. The Hall–Kier alpha value is -1.20. The van der Waals surface area contributed by atoms with Gasteiger partial charge in [-0.1, -0.05) is 18.2 Å². The van der Waals surface area contributed by atoms with Crippen LogP contribution in [-0.4, -0.2) is 9.19 Å². The van der Waals surface area contributed by atoms with E-state index in [0.717, 1.165) is 14.9 Å². The van der Waals surface area contributed by atoms with Crippen molar-refractivity contribution in [2.75, 3.05) is 5.73 Å². The Morgan fingerprint density at radius 1 is 1.24 bits per heavy atom. The van der Waals surface area contributed by atoms with Gasteiger partial charge < -0.3 is 5.73 Å². The summed E-state index contributed by atoms with van der Waals surface area (Å²) in [5.41, 5.74) is 6.41. The number of benzene rings is 1. The number of nitrogen functional groups attached to an aromatic ring is 1. The summed E-state index contributed by atoms with van der Waals surface area (Å²) in [7, 11) is -1.08. The van der Waals surface area contributed by atoms with Crippen LogP contribution in [-0.2, 0) is 16.6 Å². The molecule has 0 saturated carbocycles. The van der Waals surface area contributed by atoms with Crippen LogP contribution in [0.25, 0.3) is 0 Å². The molecule has 1 aromatic carbocycles. The number of halogens is 1. The molecule has 1 aromatic heterocycles. The van der Waals surface area contributed by atoms with Crippen molar-refractivity contribution in [3.05, 3.63) is 52.6 Å². The van der Waals surface area contributed by atoms with Gasteiger partial charge in [0, 0.05) is 10.7 Å². The molecule has 0 fully saturated rings. The van der Waals surface area contributed by atoms with Crippen molar-refractivity contribution < 1.29 is 4.21 Å². The largest absolute Gasteiger partial charge is 0.384 e. The van der Waals surface area contributed by atoms with E-state index in [-0.39, 0.29) is 0 Å². The van der Waals surface area contributed by atoms with Crippen LogP contribution in [0.3, 0.4) is 0 Å². The molecule has 1 atom stereocenters. The summed E-state index contributed by atoms with van der Waals surface area (Å²) in [6.07, 6.45) is 1.66. The summed E-state index contributed by atoms with van der Waals surface area (Å²) in [6, 6.07) is 11.1. The van der Waals surface area contributed by atoms with Crippen molar-refractivity contribution in [2.45, 2.75) is 10.6 Å². The van der Waals surface area contributed by atoms with E-state index in [1.807, 2.05) is 30.3 Å². The quantitative estimate of drug-likeness (QED) is 0.948. The molecule has 2 N–H and O–H groups in total. The van der Waals surface area contributed by atoms with Crippen LogP contribution in [0.4, 0.5) is 5.82 Å². The zero-order valence-electron chi connectivity index (χ0n) is 8.97. The third-order valence-electron chi connectivity index (χ3n) is 2.23. The second kappa shape index (κ2) is 5.42. The minimum atomic E-state index is -1.08. The average molecular weight is 311 g/mol. The summed E-state index contributed by atoms with van der Waals surface area (Å²) >= 11 is 3.39. The first-order valence-corrected chi connectivity index (χ1v) is 7.11. The van der Waals surface area contributed by atoms with Gasteiger partial charge in [0.1, 0.15) is 5.82 Å². The summed E-state index contributed by atoms with van der Waals surface area (Å²) in [6.45, 7) is 0. The van der Waals surface area contributed by atoms with Crippen molar-refractivity contribution in [1.82, 2.24) is 4.98 Å². The first-order valence-electron chi connectivity index (χ1n) is 5.00. The molecule has 0 aliphatic rings. The standard InChI is InChI=1S/C12H11BrN2OS/c13-10-3-1-2-4-11(10)17(16)8-9-5-6-12(14)15-7-9/h1-7H,8H2,(H2,14,15). The van der Waals surface area contributed by atoms with Gasteiger partial charge in [-0.15, -0.1) is 0 Å². The first kappa shape index (κ1) is 12.3. The molecule has 0 saturated heterocycles. The Balaban J connectivity index is 2.17. The number of anilines is 1. The van der Waals surface area contributed by atoms with Crippen LogP contribution < -0.4 is 5.73 Å². The number of nitrogens with two attached hydrogens (primary N) is 1. The average Bonchev–Trinajstić information content (AvgIpc) is 2.32. The van der Waals surface area contributed by atoms with E-state index in [9.17, 15) is 4.21 Å². The van der Waals surface area contributed by atoms with Crippen LogP contribution in [0.15, 0.2) is 52.0 Å². The number of nitrogens with zero attached hydrogens (tertiary/aromatic N) is 1. The Morgan fingerprint density at radius 2 is 2.00 bits per heavy atom. The van der Waals surface area contributed by atoms with Gasteiger partial charge in [-0.25, -0.2) is 4.98 Å². The maximum absolute atomic E-state index is 12.1. The van der Waals surface area contributed by atoms with Crippen molar-refractivity contribution in [3.63, 3.8) is 0 Å². The van der Waals surface area contributed by atoms with E-state index >= 15 is 0 Å². The molecule has 0 radical (unpaired) electrons. The number of hydrogen-bond donors (Lipinski definition) is 1. The van der Waals surface area contributed by atoms with Gasteiger partial charge in [-0.2, -0.15) is 0 Å². The first-order chi connectivity index (χ1) is 8.16. The maximum atomic E-state index is 12.1. The topological polar surface area (TPSA) is 56.0 Å². The molecule has 2 rings (SSSR count). The third kappa shape index (κ3) is 3.14. The molecule has 0 spiro atoms. The van der Waals surface area contributed by atoms with E-state index in [1.165, 1.54) is 0 Å². The fourth-order valence-corrected chi connectivity index (χ4v) is 3.35. The smallest absolute Gasteiger partial charge is 0.123 e. The predicted molar refractivity (Wildman–Crippen MR) is 72.9 cm³/mol. The van der Waals surface area contributed by atoms with Gasteiger partial charge >= 0.3 is 0 Å². The number of aromatic nitrogens is 1. The van der Waals surface area contributed by atoms with Crippen LogP contribution in [0.1, 0.15) is 5.56 Å². The highest BCUT2D eigenvalue weighted by Crippen LogP contribution is 2.21. The predicted octanol–water partition coefficient (Wildman–Crippen LogP) is 2.73. The van der Waals surface area contributed by atoms with E-state index in [1.54, 1.807) is 12.3 Å². The summed E-state index contributed by atoms with van der Waals surface area (Å²) in [4.78, 5) is 4.78. The molecule has 88 valence electrons. The van der Waals surface area contributed by atoms with Gasteiger partial charge in [-0.3, -0.25) is 4.21 Å². The lowest BCUT2D eigenvalue weighted by Crippen LogP contribution is -1.99. The van der Waals surface area contributed by atoms with Crippen molar-refractivity contribution in [1.29, 1.82) is 0 Å². The minimum Gasteiger partial charge on any atom is -0.384 e. The van der Waals surface area contributed by atoms with Crippen LogP contribution in [0.2, 0.25) is 0 Å². The van der Waals surface area contributed by atoms with E-state index < -0.39 is 10.8 Å². The highest BCUT2D eigenvalue weighted by molar-refractivity contribution is 9.10. The normalized spacial score (nSPS) is 12.3. The second-order valence-corrected chi connectivity index (χ2v) is 5.79. The van der Waals surface area contributed by atoms with Crippen LogP contribution in [0, 0.1) is 0 Å². The van der Waals surface area contributed by atoms with E-state index in [4.69, 9.17) is 5.73 Å². The van der Waals surface area contributed by atoms with E-state index in [2.05, 4.69) is 20.9 Å². The summed E-state index contributed by atoms with van der Waals surface area (Å²) in [5, 5.41) is 0. The maximum Gasteiger partial charge on any atom is 0.123 e. The molecule has 5 heteroatoms. The molecule has 0 aliphatic heterocycles. The van der Waals surface area contributed by atoms with Crippen molar-refractivity contribution in [3.8, 4) is 0 Å². The van der Waals surface area contributed by atoms with Crippen LogP contribution >= 0.6 is 15.9 Å². The van der Waals surface area contributed by atoms with E-state index in [0.29, 0.717) is 11.6 Å². The van der Waals surface area contributed by atoms with Crippen LogP contribution in [0.5, 0.6) is 0 Å². The summed E-state index contributed by atoms with van der Waals surface area (Å²) < 4.78 is 13.0. The molecule has 3 nitrogen and oxygen atoms in total. The molecule has 0 amide bonds. The second-order valence-electron chi connectivity index (χ2n) is 3.51. The Morgan fingerprint density at radius 3 is 2.65 bits per heavy atom. The third-order valence-corrected chi connectivity index (χ3v) is 4.62. The van der Waals surface area contributed by atoms with Gasteiger partial charge in [-0.05, 0) is 39.7 Å². The fourth-order valence-electron chi connectivity index (χ4n) is 1.38. The highest BCUT2D eigenvalue weighted by atomic mass is 79.9. The summed E-state index contributed by atoms with van der Waals surface area (Å²) in [5.74, 6) is 0.913. The molecule has 2 aromatic rings. The monoisotopic (exact) mass is 310 g/mol.